The molecule has 2 rings (SSSR count). The van der Waals surface area contributed by atoms with Crippen LogP contribution in [0.4, 0.5) is 0 Å². The fourth-order valence-corrected chi connectivity index (χ4v) is 1.85. The van der Waals surface area contributed by atoms with Crippen LogP contribution in [0.5, 0.6) is 0 Å². The lowest BCUT2D eigenvalue weighted by atomic mass is 10.0. The molecule has 86 valence electrons. The van der Waals surface area contributed by atoms with E-state index < -0.39 is 5.91 Å². The molecule has 0 aliphatic rings. The smallest absolute Gasteiger partial charge is 0.251 e. The van der Waals surface area contributed by atoms with Gasteiger partial charge in [0.15, 0.2) is 0 Å². The van der Waals surface area contributed by atoms with Crippen LogP contribution in [0, 0.1) is 6.92 Å². The summed E-state index contributed by atoms with van der Waals surface area (Å²) in [6.07, 6.45) is 3.35. The summed E-state index contributed by atoms with van der Waals surface area (Å²) in [6.45, 7) is 1.83. The highest BCUT2D eigenvalue weighted by Crippen LogP contribution is 2.25. The summed E-state index contributed by atoms with van der Waals surface area (Å²) in [5, 5.41) is 0.132. The van der Waals surface area contributed by atoms with Gasteiger partial charge in [0, 0.05) is 23.7 Å². The van der Waals surface area contributed by atoms with E-state index in [0.29, 0.717) is 0 Å². The molecule has 2 aromatic rings. The maximum Gasteiger partial charge on any atom is 0.251 e. The van der Waals surface area contributed by atoms with Gasteiger partial charge in [0.05, 0.1) is 5.56 Å². The zero-order valence-corrected chi connectivity index (χ0v) is 9.90. The van der Waals surface area contributed by atoms with Gasteiger partial charge in [-0.2, -0.15) is 0 Å². The van der Waals surface area contributed by atoms with E-state index in [2.05, 4.69) is 9.97 Å². The quantitative estimate of drug-likeness (QED) is 0.827. The zero-order valence-electron chi connectivity index (χ0n) is 9.14. The van der Waals surface area contributed by atoms with Crippen LogP contribution >= 0.6 is 11.6 Å². The second-order valence-corrected chi connectivity index (χ2v) is 3.92. The van der Waals surface area contributed by atoms with E-state index in [-0.39, 0.29) is 10.7 Å². The third-order valence-electron chi connectivity index (χ3n) is 2.42. The van der Waals surface area contributed by atoms with Crippen LogP contribution in [0.1, 0.15) is 16.1 Å². The minimum atomic E-state index is -0.585. The van der Waals surface area contributed by atoms with E-state index in [9.17, 15) is 4.79 Å². The summed E-state index contributed by atoms with van der Waals surface area (Å²) in [4.78, 5) is 19.3. The highest BCUT2D eigenvalue weighted by molar-refractivity contribution is 6.32. The topological polar surface area (TPSA) is 68.9 Å². The zero-order chi connectivity index (χ0) is 12.4. The maximum absolute atomic E-state index is 11.2. The lowest BCUT2D eigenvalue weighted by Gasteiger charge is -2.08. The molecule has 2 N–H and O–H groups in total. The average molecular weight is 248 g/mol. The van der Waals surface area contributed by atoms with Gasteiger partial charge in [-0.3, -0.25) is 9.78 Å². The molecule has 0 aliphatic heterocycles. The number of amides is 1. The highest BCUT2D eigenvalue weighted by atomic mass is 35.5. The summed E-state index contributed by atoms with van der Waals surface area (Å²) in [7, 11) is 0. The largest absolute Gasteiger partial charge is 0.366 e. The van der Waals surface area contributed by atoms with Crippen LogP contribution in [0.3, 0.4) is 0 Å². The number of pyridine rings is 2. The van der Waals surface area contributed by atoms with Gasteiger partial charge in [-0.1, -0.05) is 11.6 Å². The number of rotatable bonds is 2. The van der Waals surface area contributed by atoms with Crippen molar-refractivity contribution in [2.75, 3.05) is 0 Å². The fourth-order valence-electron chi connectivity index (χ4n) is 1.57. The van der Waals surface area contributed by atoms with Gasteiger partial charge < -0.3 is 5.73 Å². The first-order valence-corrected chi connectivity index (χ1v) is 5.34. The third kappa shape index (κ3) is 2.26. The van der Waals surface area contributed by atoms with Crippen molar-refractivity contribution in [2.24, 2.45) is 5.73 Å². The number of carbonyl (C=O) groups excluding carboxylic acids is 1. The van der Waals surface area contributed by atoms with Crippen LogP contribution in [-0.2, 0) is 0 Å². The molecular weight excluding hydrogens is 238 g/mol. The molecule has 2 aromatic heterocycles. The maximum atomic E-state index is 11.2. The predicted molar refractivity (Wildman–Crippen MR) is 65.7 cm³/mol. The molecular formula is C12H10ClN3O. The summed E-state index contributed by atoms with van der Waals surface area (Å²) in [6, 6.07) is 5.33. The molecule has 0 fully saturated rings. The van der Waals surface area contributed by atoms with Gasteiger partial charge in [0.25, 0.3) is 5.91 Å². The number of carbonyl (C=O) groups is 1. The number of nitrogens with zero attached hydrogens (tertiary/aromatic N) is 2. The molecule has 0 bridgehead atoms. The molecule has 0 aliphatic carbocycles. The van der Waals surface area contributed by atoms with Crippen molar-refractivity contribution in [3.63, 3.8) is 0 Å². The summed E-state index contributed by atoms with van der Waals surface area (Å²) < 4.78 is 0. The minimum absolute atomic E-state index is 0.132. The minimum Gasteiger partial charge on any atom is -0.366 e. The number of primary amides is 1. The van der Waals surface area contributed by atoms with Crippen molar-refractivity contribution in [3.05, 3.63) is 47.0 Å². The highest BCUT2D eigenvalue weighted by Gasteiger charge is 2.12. The van der Waals surface area contributed by atoms with Gasteiger partial charge in [-0.05, 0) is 30.7 Å². The van der Waals surface area contributed by atoms with Gasteiger partial charge in [0.2, 0.25) is 0 Å². The SMILES string of the molecule is Cc1nc(Cl)c(C(N)=O)cc1-c1ccncc1. The first-order valence-electron chi connectivity index (χ1n) is 4.97. The summed E-state index contributed by atoms with van der Waals surface area (Å²) >= 11 is 5.86. The second kappa shape index (κ2) is 4.51. The monoisotopic (exact) mass is 247 g/mol. The Hall–Kier alpha value is -1.94. The standard InChI is InChI=1S/C12H10ClN3O/c1-7-9(8-2-4-15-5-3-8)6-10(12(14)17)11(13)16-7/h2-6H,1H3,(H2,14,17). The van der Waals surface area contributed by atoms with Crippen LogP contribution in [0.15, 0.2) is 30.6 Å². The Balaban J connectivity index is 2.63. The van der Waals surface area contributed by atoms with Crippen molar-refractivity contribution in [2.45, 2.75) is 6.92 Å². The van der Waals surface area contributed by atoms with Crippen molar-refractivity contribution >= 4 is 17.5 Å². The van der Waals surface area contributed by atoms with Crippen LogP contribution in [0.25, 0.3) is 11.1 Å². The number of hydrogen-bond acceptors (Lipinski definition) is 3. The van der Waals surface area contributed by atoms with Crippen molar-refractivity contribution in [1.29, 1.82) is 0 Å². The molecule has 2 heterocycles. The van der Waals surface area contributed by atoms with Crippen LogP contribution < -0.4 is 5.73 Å². The lowest BCUT2D eigenvalue weighted by molar-refractivity contribution is 0.1000. The van der Waals surface area contributed by atoms with E-state index in [1.807, 2.05) is 19.1 Å². The normalized spacial score (nSPS) is 10.2. The number of aryl methyl sites for hydroxylation is 1. The fraction of sp³-hybridized carbons (Fsp3) is 0.0833. The van der Waals surface area contributed by atoms with Gasteiger partial charge in [0.1, 0.15) is 5.15 Å². The van der Waals surface area contributed by atoms with Crippen molar-refractivity contribution in [1.82, 2.24) is 9.97 Å². The molecule has 17 heavy (non-hydrogen) atoms. The van der Waals surface area contributed by atoms with Crippen molar-refractivity contribution < 1.29 is 4.79 Å². The molecule has 0 spiro atoms. The Morgan fingerprint density at radius 1 is 1.35 bits per heavy atom. The van der Waals surface area contributed by atoms with E-state index in [1.165, 1.54) is 0 Å². The predicted octanol–water partition coefficient (Wildman–Crippen LogP) is 2.20. The Morgan fingerprint density at radius 2 is 2.00 bits per heavy atom. The second-order valence-electron chi connectivity index (χ2n) is 3.56. The van der Waals surface area contributed by atoms with E-state index in [4.69, 9.17) is 17.3 Å². The molecule has 0 unspecified atom stereocenters. The number of hydrogen-bond donors (Lipinski definition) is 1. The molecule has 0 saturated heterocycles. The third-order valence-corrected chi connectivity index (χ3v) is 2.71. The number of nitrogens with two attached hydrogens (primary N) is 1. The molecule has 1 amide bonds. The molecule has 0 saturated carbocycles. The Labute approximate surface area is 103 Å². The van der Waals surface area contributed by atoms with E-state index >= 15 is 0 Å². The van der Waals surface area contributed by atoms with Crippen molar-refractivity contribution in [3.8, 4) is 11.1 Å². The van der Waals surface area contributed by atoms with E-state index in [0.717, 1.165) is 16.8 Å². The van der Waals surface area contributed by atoms with Gasteiger partial charge in [-0.25, -0.2) is 4.98 Å². The average Bonchev–Trinajstić information content (AvgIpc) is 2.29. The Bertz CT molecular complexity index is 569. The van der Waals surface area contributed by atoms with Gasteiger partial charge in [-0.15, -0.1) is 0 Å². The Kier molecular flexibility index (Phi) is 3.06. The van der Waals surface area contributed by atoms with E-state index in [1.54, 1.807) is 18.5 Å². The Morgan fingerprint density at radius 3 is 2.59 bits per heavy atom. The summed E-state index contributed by atoms with van der Waals surface area (Å²) in [5.41, 5.74) is 7.95. The molecule has 0 atom stereocenters. The van der Waals surface area contributed by atoms with Crippen LogP contribution in [0.2, 0.25) is 5.15 Å². The first kappa shape index (κ1) is 11.5. The number of halogens is 1. The molecule has 5 heteroatoms. The first-order chi connectivity index (χ1) is 8.09. The lowest BCUT2D eigenvalue weighted by Crippen LogP contribution is -2.13. The number of aromatic nitrogens is 2. The van der Waals surface area contributed by atoms with Gasteiger partial charge >= 0.3 is 0 Å². The molecule has 4 nitrogen and oxygen atoms in total. The molecule has 0 aromatic carbocycles. The van der Waals surface area contributed by atoms with Crippen LogP contribution in [-0.4, -0.2) is 15.9 Å². The summed E-state index contributed by atoms with van der Waals surface area (Å²) in [5.74, 6) is -0.585. The molecule has 0 radical (unpaired) electrons.